The molecule has 6 nitrogen and oxygen atoms in total. The van der Waals surface area contributed by atoms with Gasteiger partial charge in [0.2, 0.25) is 0 Å². The standard InChI is InChI=1S/C30H28N2O4/c1-32(27-18-10-8-16-25(27)29(33)31-22-23-12-4-2-5-13-23)30(34)26-17-9-11-19-28(26)36-21-20-35-24-14-6-3-7-15-24/h2-19H,20-22H2,1H3,(H,31,33). The maximum absolute atomic E-state index is 13.5. The molecule has 0 aliphatic carbocycles. The summed E-state index contributed by atoms with van der Waals surface area (Å²) in [6.07, 6.45) is 0. The number of nitrogens with zero attached hydrogens (tertiary/aromatic N) is 1. The fourth-order valence-electron chi connectivity index (χ4n) is 3.72. The first-order valence-corrected chi connectivity index (χ1v) is 11.7. The molecule has 1 N–H and O–H groups in total. The van der Waals surface area contributed by atoms with E-state index in [-0.39, 0.29) is 18.4 Å². The lowest BCUT2D eigenvalue weighted by Crippen LogP contribution is -2.31. The lowest BCUT2D eigenvalue weighted by molar-refractivity contribution is 0.0951. The van der Waals surface area contributed by atoms with Gasteiger partial charge in [0, 0.05) is 13.6 Å². The summed E-state index contributed by atoms with van der Waals surface area (Å²) < 4.78 is 11.6. The lowest BCUT2D eigenvalue weighted by atomic mass is 10.1. The highest BCUT2D eigenvalue weighted by Gasteiger charge is 2.22. The first-order valence-electron chi connectivity index (χ1n) is 11.7. The van der Waals surface area contributed by atoms with Crippen LogP contribution in [0.25, 0.3) is 0 Å². The average Bonchev–Trinajstić information content (AvgIpc) is 2.94. The van der Waals surface area contributed by atoms with E-state index in [1.165, 1.54) is 4.90 Å². The van der Waals surface area contributed by atoms with Gasteiger partial charge in [0.15, 0.2) is 0 Å². The summed E-state index contributed by atoms with van der Waals surface area (Å²) in [6, 6.07) is 33.3. The fourth-order valence-corrected chi connectivity index (χ4v) is 3.72. The molecule has 6 heteroatoms. The highest BCUT2D eigenvalue weighted by atomic mass is 16.5. The molecule has 2 amide bonds. The minimum atomic E-state index is -0.280. The van der Waals surface area contributed by atoms with Gasteiger partial charge in [-0.3, -0.25) is 9.59 Å². The van der Waals surface area contributed by atoms with E-state index in [9.17, 15) is 9.59 Å². The normalized spacial score (nSPS) is 10.4. The van der Waals surface area contributed by atoms with Crippen molar-refractivity contribution >= 4 is 17.5 Å². The minimum absolute atomic E-state index is 0.253. The van der Waals surface area contributed by atoms with Crippen LogP contribution in [0.2, 0.25) is 0 Å². The van der Waals surface area contributed by atoms with Crippen LogP contribution in [-0.4, -0.2) is 32.1 Å². The molecule has 4 rings (SSSR count). The van der Waals surface area contributed by atoms with Gasteiger partial charge in [-0.15, -0.1) is 0 Å². The zero-order chi connectivity index (χ0) is 25.2. The smallest absolute Gasteiger partial charge is 0.261 e. The Kier molecular flexibility index (Phi) is 8.33. The topological polar surface area (TPSA) is 67.9 Å². The van der Waals surface area contributed by atoms with E-state index in [4.69, 9.17) is 9.47 Å². The quantitative estimate of drug-likeness (QED) is 0.311. The summed E-state index contributed by atoms with van der Waals surface area (Å²) in [5.41, 5.74) is 2.32. The van der Waals surface area contributed by atoms with Crippen LogP contribution in [0, 0.1) is 0 Å². The molecule has 4 aromatic rings. The van der Waals surface area contributed by atoms with Crippen LogP contribution in [-0.2, 0) is 6.54 Å². The Balaban J connectivity index is 1.43. The molecule has 0 saturated carbocycles. The predicted molar refractivity (Wildman–Crippen MR) is 141 cm³/mol. The van der Waals surface area contributed by atoms with Crippen LogP contribution in [0.3, 0.4) is 0 Å². The molecule has 0 spiro atoms. The first-order chi connectivity index (χ1) is 17.6. The molecule has 0 bridgehead atoms. The summed E-state index contributed by atoms with van der Waals surface area (Å²) in [5, 5.41) is 2.93. The van der Waals surface area contributed by atoms with Crippen LogP contribution >= 0.6 is 0 Å². The average molecular weight is 481 g/mol. The maximum Gasteiger partial charge on any atom is 0.261 e. The molecule has 0 atom stereocenters. The molecule has 182 valence electrons. The number of ether oxygens (including phenoxy) is 2. The number of hydrogen-bond acceptors (Lipinski definition) is 4. The van der Waals surface area contributed by atoms with Crippen molar-refractivity contribution in [3.05, 3.63) is 126 Å². The SMILES string of the molecule is CN(C(=O)c1ccccc1OCCOc1ccccc1)c1ccccc1C(=O)NCc1ccccc1. The molecule has 0 aromatic heterocycles. The highest BCUT2D eigenvalue weighted by Crippen LogP contribution is 2.25. The molecular weight excluding hydrogens is 452 g/mol. The Bertz CT molecular complexity index is 1290. The molecule has 0 radical (unpaired) electrons. The summed E-state index contributed by atoms with van der Waals surface area (Å²) in [4.78, 5) is 27.9. The number of carbonyl (C=O) groups is 2. The van der Waals surface area contributed by atoms with E-state index in [0.717, 1.165) is 11.3 Å². The van der Waals surface area contributed by atoms with Crippen molar-refractivity contribution < 1.29 is 19.1 Å². The maximum atomic E-state index is 13.5. The highest BCUT2D eigenvalue weighted by molar-refractivity contribution is 6.11. The van der Waals surface area contributed by atoms with Crippen molar-refractivity contribution in [2.45, 2.75) is 6.54 Å². The van der Waals surface area contributed by atoms with Crippen molar-refractivity contribution in [1.82, 2.24) is 5.32 Å². The molecule has 0 saturated heterocycles. The third-order valence-corrected chi connectivity index (χ3v) is 5.58. The van der Waals surface area contributed by atoms with Crippen molar-refractivity contribution in [2.75, 3.05) is 25.2 Å². The Morgan fingerprint density at radius 1 is 0.694 bits per heavy atom. The van der Waals surface area contributed by atoms with E-state index in [2.05, 4.69) is 5.32 Å². The van der Waals surface area contributed by atoms with Crippen molar-refractivity contribution in [2.24, 2.45) is 0 Å². The van der Waals surface area contributed by atoms with Gasteiger partial charge in [0.05, 0.1) is 16.8 Å². The molecule has 0 heterocycles. The van der Waals surface area contributed by atoms with E-state index in [0.29, 0.717) is 35.7 Å². The van der Waals surface area contributed by atoms with E-state index < -0.39 is 0 Å². The largest absolute Gasteiger partial charge is 0.490 e. The summed E-state index contributed by atoms with van der Waals surface area (Å²) in [6.45, 7) is 1.02. The van der Waals surface area contributed by atoms with E-state index in [1.54, 1.807) is 49.5 Å². The van der Waals surface area contributed by atoms with Crippen LogP contribution in [0.5, 0.6) is 11.5 Å². The van der Waals surface area contributed by atoms with Gasteiger partial charge in [0.25, 0.3) is 11.8 Å². The number of para-hydroxylation sites is 3. The zero-order valence-electron chi connectivity index (χ0n) is 20.1. The number of benzene rings is 4. The Morgan fingerprint density at radius 3 is 2.03 bits per heavy atom. The number of hydrogen-bond donors (Lipinski definition) is 1. The third kappa shape index (κ3) is 6.30. The summed E-state index contributed by atoms with van der Waals surface area (Å²) in [5.74, 6) is 0.680. The number of nitrogens with one attached hydrogen (secondary N) is 1. The number of carbonyl (C=O) groups excluding carboxylic acids is 2. The molecule has 36 heavy (non-hydrogen) atoms. The van der Waals surface area contributed by atoms with Crippen LogP contribution in [0.4, 0.5) is 5.69 Å². The minimum Gasteiger partial charge on any atom is -0.490 e. The third-order valence-electron chi connectivity index (χ3n) is 5.58. The van der Waals surface area contributed by atoms with Crippen LogP contribution in [0.15, 0.2) is 109 Å². The second-order valence-electron chi connectivity index (χ2n) is 8.06. The molecule has 0 aliphatic heterocycles. The van der Waals surface area contributed by atoms with Crippen LogP contribution in [0.1, 0.15) is 26.3 Å². The number of amides is 2. The van der Waals surface area contributed by atoms with E-state index in [1.807, 2.05) is 66.7 Å². The van der Waals surface area contributed by atoms with Gasteiger partial charge in [-0.1, -0.05) is 72.8 Å². The molecule has 0 aliphatic rings. The number of anilines is 1. The van der Waals surface area contributed by atoms with Gasteiger partial charge < -0.3 is 19.7 Å². The Hall–Kier alpha value is -4.58. The second kappa shape index (κ2) is 12.2. The van der Waals surface area contributed by atoms with Gasteiger partial charge in [-0.2, -0.15) is 0 Å². The lowest BCUT2D eigenvalue weighted by Gasteiger charge is -2.22. The number of rotatable bonds is 10. The fraction of sp³-hybridized carbons (Fsp3) is 0.133. The molecular formula is C30H28N2O4. The monoisotopic (exact) mass is 480 g/mol. The van der Waals surface area contributed by atoms with Gasteiger partial charge >= 0.3 is 0 Å². The van der Waals surface area contributed by atoms with Gasteiger partial charge in [-0.25, -0.2) is 0 Å². The van der Waals surface area contributed by atoms with Crippen molar-refractivity contribution in [3.8, 4) is 11.5 Å². The summed E-state index contributed by atoms with van der Waals surface area (Å²) in [7, 11) is 1.65. The zero-order valence-corrected chi connectivity index (χ0v) is 20.1. The Labute approximate surface area is 211 Å². The van der Waals surface area contributed by atoms with Gasteiger partial charge in [0.1, 0.15) is 24.7 Å². The van der Waals surface area contributed by atoms with Crippen molar-refractivity contribution in [1.29, 1.82) is 0 Å². The second-order valence-corrected chi connectivity index (χ2v) is 8.06. The first kappa shape index (κ1) is 24.5. The van der Waals surface area contributed by atoms with E-state index >= 15 is 0 Å². The van der Waals surface area contributed by atoms with Gasteiger partial charge in [-0.05, 0) is 42.0 Å². The van der Waals surface area contributed by atoms with Crippen molar-refractivity contribution in [3.63, 3.8) is 0 Å². The molecule has 4 aromatic carbocycles. The Morgan fingerprint density at radius 2 is 1.28 bits per heavy atom. The van der Waals surface area contributed by atoms with Crippen LogP contribution < -0.4 is 19.7 Å². The molecule has 0 unspecified atom stereocenters. The predicted octanol–water partition coefficient (Wildman–Crippen LogP) is 5.35. The summed E-state index contributed by atoms with van der Waals surface area (Å²) >= 11 is 0. The molecule has 0 fully saturated rings.